The van der Waals surface area contributed by atoms with Gasteiger partial charge in [-0.15, -0.1) is 0 Å². The Hall–Kier alpha value is -2.21. The maximum Gasteiger partial charge on any atom is 0.253 e. The van der Waals surface area contributed by atoms with E-state index in [1.54, 1.807) is 19.2 Å². The van der Waals surface area contributed by atoms with Crippen molar-refractivity contribution < 1.29 is 4.39 Å². The molecule has 0 aliphatic rings. The van der Waals surface area contributed by atoms with Crippen LogP contribution in [0.2, 0.25) is 0 Å². The molecule has 2 aromatic rings. The number of nitrogens with one attached hydrogen (secondary N) is 2. The largest absolute Gasteiger partial charge is 0.394 e. The number of rotatable bonds is 4. The first-order chi connectivity index (χ1) is 8.54. The number of nitrogens with two attached hydrogens (primary N) is 1. The third-order valence-electron chi connectivity index (χ3n) is 2.62. The van der Waals surface area contributed by atoms with E-state index < -0.39 is 16.7 Å². The molecule has 0 atom stereocenters. The summed E-state index contributed by atoms with van der Waals surface area (Å²) in [4.78, 5) is 22.2. The van der Waals surface area contributed by atoms with E-state index in [4.69, 9.17) is 5.73 Å². The predicted octanol–water partition coefficient (Wildman–Crippen LogP) is 0.467. The number of nitrogen functional groups attached to an aromatic ring is 1. The summed E-state index contributed by atoms with van der Waals surface area (Å²) in [6.07, 6.45) is 0. The van der Waals surface area contributed by atoms with Gasteiger partial charge < -0.3 is 16.4 Å². The van der Waals surface area contributed by atoms with Crippen molar-refractivity contribution in [3.63, 3.8) is 0 Å². The van der Waals surface area contributed by atoms with E-state index in [9.17, 15) is 14.0 Å². The van der Waals surface area contributed by atoms with Crippen LogP contribution >= 0.6 is 0 Å². The molecule has 4 N–H and O–H groups in total. The third kappa shape index (κ3) is 1.98. The van der Waals surface area contributed by atoms with Crippen LogP contribution in [0, 0.1) is 5.82 Å². The Labute approximate surface area is 102 Å². The van der Waals surface area contributed by atoms with Gasteiger partial charge >= 0.3 is 0 Å². The van der Waals surface area contributed by atoms with Gasteiger partial charge in [0.25, 0.3) is 10.9 Å². The summed E-state index contributed by atoms with van der Waals surface area (Å²) in [5.41, 5.74) is 4.69. The van der Waals surface area contributed by atoms with Crippen molar-refractivity contribution in [3.8, 4) is 0 Å². The fourth-order valence-corrected chi connectivity index (χ4v) is 1.65. The molecule has 5 nitrogen and oxygen atoms in total. The molecular weight excluding hydrogens is 237 g/mol. The SMILES string of the molecule is CNCc1ccc(F)c(Nc2c(N)c(=O)c2=O)c1. The van der Waals surface area contributed by atoms with Crippen LogP contribution in [0.3, 0.4) is 0 Å². The van der Waals surface area contributed by atoms with Gasteiger partial charge in [-0.05, 0) is 24.7 Å². The van der Waals surface area contributed by atoms with E-state index in [2.05, 4.69) is 10.6 Å². The lowest BCUT2D eigenvalue weighted by molar-refractivity contribution is 0.630. The van der Waals surface area contributed by atoms with Gasteiger partial charge in [0, 0.05) is 6.54 Å². The van der Waals surface area contributed by atoms with Crippen LogP contribution in [-0.2, 0) is 6.54 Å². The molecule has 6 heteroatoms. The highest BCUT2D eigenvalue weighted by molar-refractivity contribution is 5.76. The third-order valence-corrected chi connectivity index (χ3v) is 2.62. The Kier molecular flexibility index (Phi) is 3.12. The Balaban J connectivity index is 2.32. The van der Waals surface area contributed by atoms with Gasteiger partial charge in [0.1, 0.15) is 17.2 Å². The monoisotopic (exact) mass is 249 g/mol. The molecule has 0 saturated carbocycles. The van der Waals surface area contributed by atoms with Gasteiger partial charge in [-0.2, -0.15) is 0 Å². The lowest BCUT2D eigenvalue weighted by Gasteiger charge is -2.12. The molecule has 2 rings (SSSR count). The van der Waals surface area contributed by atoms with E-state index in [0.717, 1.165) is 5.56 Å². The fourth-order valence-electron chi connectivity index (χ4n) is 1.65. The first-order valence-electron chi connectivity index (χ1n) is 5.33. The minimum absolute atomic E-state index is 0.0412. The normalized spacial score (nSPS) is 10.8. The molecular formula is C12H12FN3O2. The standard InChI is InChI=1S/C12H12FN3O2/c1-15-5-6-2-3-7(13)8(4-6)16-10-9(14)11(17)12(10)18/h2-4,15-16H,5,14H2,1H3. The smallest absolute Gasteiger partial charge is 0.253 e. The van der Waals surface area contributed by atoms with E-state index in [0.29, 0.717) is 6.54 Å². The molecule has 0 fully saturated rings. The number of benzene rings is 1. The highest BCUT2D eigenvalue weighted by Crippen LogP contribution is 2.22. The number of hydrogen-bond donors (Lipinski definition) is 3. The molecule has 0 saturated heterocycles. The first-order valence-corrected chi connectivity index (χ1v) is 5.33. The maximum absolute atomic E-state index is 13.5. The highest BCUT2D eigenvalue weighted by Gasteiger charge is 2.19. The predicted molar refractivity (Wildman–Crippen MR) is 68.2 cm³/mol. The molecule has 0 heterocycles. The van der Waals surface area contributed by atoms with Crippen LogP contribution in [0.5, 0.6) is 0 Å². The molecule has 0 aliphatic heterocycles. The Bertz CT molecular complexity index is 660. The summed E-state index contributed by atoms with van der Waals surface area (Å²) in [7, 11) is 1.77. The van der Waals surface area contributed by atoms with Gasteiger partial charge in [-0.3, -0.25) is 9.59 Å². The van der Waals surface area contributed by atoms with Gasteiger partial charge in [0.2, 0.25) is 0 Å². The average Bonchev–Trinajstić information content (AvgIpc) is 2.38. The van der Waals surface area contributed by atoms with Crippen molar-refractivity contribution in [2.45, 2.75) is 6.54 Å². The molecule has 94 valence electrons. The summed E-state index contributed by atoms with van der Waals surface area (Å²) < 4.78 is 13.5. The van der Waals surface area contributed by atoms with E-state index in [1.165, 1.54) is 6.07 Å². The molecule has 0 aromatic heterocycles. The van der Waals surface area contributed by atoms with Gasteiger partial charge in [-0.25, -0.2) is 4.39 Å². The summed E-state index contributed by atoms with van der Waals surface area (Å²) in [6.45, 7) is 0.566. The second kappa shape index (κ2) is 4.58. The zero-order valence-corrected chi connectivity index (χ0v) is 9.71. The molecule has 0 radical (unpaired) electrons. The lowest BCUT2D eigenvalue weighted by atomic mass is 10.1. The fraction of sp³-hybridized carbons (Fsp3) is 0.167. The van der Waals surface area contributed by atoms with Crippen LogP contribution in [0.1, 0.15) is 5.56 Å². The zero-order valence-electron chi connectivity index (χ0n) is 9.71. The summed E-state index contributed by atoms with van der Waals surface area (Å²) >= 11 is 0. The summed E-state index contributed by atoms with van der Waals surface area (Å²) in [5.74, 6) is -0.512. The van der Waals surface area contributed by atoms with Gasteiger partial charge in [0.15, 0.2) is 0 Å². The Morgan fingerprint density at radius 3 is 2.61 bits per heavy atom. The molecule has 0 bridgehead atoms. The van der Waals surface area contributed by atoms with Crippen molar-refractivity contribution in [2.24, 2.45) is 0 Å². The topological polar surface area (TPSA) is 84.2 Å². The Morgan fingerprint density at radius 1 is 1.28 bits per heavy atom. The minimum atomic E-state index is -0.732. The van der Waals surface area contributed by atoms with E-state index in [1.807, 2.05) is 0 Å². The van der Waals surface area contributed by atoms with Crippen molar-refractivity contribution in [3.05, 3.63) is 50.0 Å². The van der Waals surface area contributed by atoms with E-state index >= 15 is 0 Å². The first kappa shape index (κ1) is 12.3. The number of anilines is 3. The average molecular weight is 249 g/mol. The molecule has 0 aliphatic carbocycles. The van der Waals surface area contributed by atoms with Crippen molar-refractivity contribution in [1.82, 2.24) is 5.32 Å². The molecule has 18 heavy (non-hydrogen) atoms. The zero-order chi connectivity index (χ0) is 13.3. The van der Waals surface area contributed by atoms with Crippen LogP contribution in [-0.4, -0.2) is 7.05 Å². The second-order valence-corrected chi connectivity index (χ2v) is 3.92. The second-order valence-electron chi connectivity index (χ2n) is 3.92. The maximum atomic E-state index is 13.5. The molecule has 2 aromatic carbocycles. The molecule has 0 spiro atoms. The van der Waals surface area contributed by atoms with Crippen LogP contribution in [0.15, 0.2) is 27.8 Å². The molecule has 0 unspecified atom stereocenters. The van der Waals surface area contributed by atoms with E-state index in [-0.39, 0.29) is 17.1 Å². The number of halogens is 1. The highest BCUT2D eigenvalue weighted by atomic mass is 19.1. The van der Waals surface area contributed by atoms with Crippen LogP contribution in [0.4, 0.5) is 21.5 Å². The van der Waals surface area contributed by atoms with Crippen LogP contribution in [0.25, 0.3) is 0 Å². The minimum Gasteiger partial charge on any atom is -0.394 e. The van der Waals surface area contributed by atoms with Gasteiger partial charge in [0.05, 0.1) is 5.69 Å². The summed E-state index contributed by atoms with van der Waals surface area (Å²) in [6, 6.07) is 4.47. The van der Waals surface area contributed by atoms with Crippen molar-refractivity contribution >= 4 is 17.1 Å². The van der Waals surface area contributed by atoms with Gasteiger partial charge in [-0.1, -0.05) is 6.07 Å². The number of hydrogen-bond acceptors (Lipinski definition) is 5. The van der Waals surface area contributed by atoms with Crippen molar-refractivity contribution in [1.29, 1.82) is 0 Å². The Morgan fingerprint density at radius 2 is 2.00 bits per heavy atom. The van der Waals surface area contributed by atoms with Crippen LogP contribution < -0.4 is 27.2 Å². The molecule has 0 amide bonds. The quantitative estimate of drug-likeness (QED) is 0.686. The lowest BCUT2D eigenvalue weighted by Crippen LogP contribution is -2.36. The van der Waals surface area contributed by atoms with Crippen molar-refractivity contribution in [2.75, 3.05) is 18.1 Å². The summed E-state index contributed by atoms with van der Waals surface area (Å²) in [5, 5.41) is 5.49.